The second-order valence-electron chi connectivity index (χ2n) is 2.26. The van der Waals surface area contributed by atoms with Crippen LogP contribution in [-0.2, 0) is 16.2 Å². The van der Waals surface area contributed by atoms with E-state index < -0.39 is 11.6 Å². The summed E-state index contributed by atoms with van der Waals surface area (Å²) in [6, 6.07) is 1.57. The Bertz CT molecular complexity index is 347. The Kier molecular flexibility index (Phi) is 3.15. The smallest absolute Gasteiger partial charge is 0.290 e. The third kappa shape index (κ3) is 2.68. The van der Waals surface area contributed by atoms with E-state index in [2.05, 4.69) is 15.3 Å². The molecule has 0 unspecified atom stereocenters. The molecule has 0 aliphatic rings. The van der Waals surface area contributed by atoms with Crippen molar-refractivity contribution in [1.82, 2.24) is 15.0 Å². The van der Waals surface area contributed by atoms with E-state index in [0.29, 0.717) is 0 Å². The van der Waals surface area contributed by atoms with Crippen molar-refractivity contribution in [2.75, 3.05) is 7.11 Å². The monoisotopic (exact) mass is 183 g/mol. The van der Waals surface area contributed by atoms with Gasteiger partial charge in [0.25, 0.3) is 5.91 Å². The lowest BCUT2D eigenvalue weighted by Gasteiger charge is -2.03. The zero-order valence-electron chi connectivity index (χ0n) is 7.06. The fraction of sp³-hybridized carbons (Fsp3) is 0.286. The number of carbonyl (C=O) groups is 1. The number of hydrogen-bond donors (Lipinski definition) is 1. The Morgan fingerprint density at radius 1 is 1.77 bits per heavy atom. The molecule has 1 aromatic rings. The Morgan fingerprint density at radius 3 is 3.15 bits per heavy atom. The molecule has 1 N–H and O–H groups in total. The van der Waals surface area contributed by atoms with Gasteiger partial charge in [-0.15, -0.1) is 0 Å². The molecule has 70 valence electrons. The zero-order chi connectivity index (χ0) is 9.68. The summed E-state index contributed by atoms with van der Waals surface area (Å²) in [7, 11) is 1.32. The van der Waals surface area contributed by atoms with Gasteiger partial charge in [-0.1, -0.05) is 0 Å². The normalized spacial score (nSPS) is 9.62. The average Bonchev–Trinajstić information content (AvgIpc) is 2.09. The maximum atomic E-state index is 11.0. The molecular formula is C7H9N3O3. The summed E-state index contributed by atoms with van der Waals surface area (Å²) < 4.78 is 1.17. The second-order valence-corrected chi connectivity index (χ2v) is 2.26. The van der Waals surface area contributed by atoms with Gasteiger partial charge in [-0.05, 0) is 6.07 Å². The van der Waals surface area contributed by atoms with Crippen LogP contribution in [0.1, 0.15) is 0 Å². The minimum absolute atomic E-state index is 0.0967. The van der Waals surface area contributed by atoms with Crippen molar-refractivity contribution < 1.29 is 9.63 Å². The molecule has 1 aromatic heterocycles. The molecule has 0 saturated heterocycles. The fourth-order valence-corrected chi connectivity index (χ4v) is 0.808. The van der Waals surface area contributed by atoms with Gasteiger partial charge in [0.2, 0.25) is 0 Å². The molecule has 0 aliphatic heterocycles. The number of aromatic nitrogens is 2. The molecule has 13 heavy (non-hydrogen) atoms. The van der Waals surface area contributed by atoms with Crippen molar-refractivity contribution in [3.05, 3.63) is 28.9 Å². The van der Waals surface area contributed by atoms with E-state index in [9.17, 15) is 9.59 Å². The molecule has 0 atom stereocenters. The second kappa shape index (κ2) is 4.36. The minimum Gasteiger partial charge on any atom is -0.290 e. The van der Waals surface area contributed by atoms with Gasteiger partial charge in [0.1, 0.15) is 6.54 Å². The van der Waals surface area contributed by atoms with Crippen LogP contribution in [0.2, 0.25) is 0 Å². The van der Waals surface area contributed by atoms with Gasteiger partial charge < -0.3 is 0 Å². The molecule has 1 rings (SSSR count). The number of rotatable bonds is 3. The largest absolute Gasteiger partial charge is 0.347 e. The van der Waals surface area contributed by atoms with Crippen LogP contribution < -0.4 is 11.2 Å². The van der Waals surface area contributed by atoms with Gasteiger partial charge in [0.05, 0.1) is 7.11 Å². The standard InChI is InChI=1S/C7H9N3O3/c1-13-9-6(11)5-10-4-2-3-8-7(10)12/h2-4H,5H2,1H3,(H,9,11). The molecule has 6 heteroatoms. The molecule has 0 spiro atoms. The van der Waals surface area contributed by atoms with Crippen molar-refractivity contribution in [3.63, 3.8) is 0 Å². The molecule has 0 bridgehead atoms. The van der Waals surface area contributed by atoms with Crippen LogP contribution in [0.4, 0.5) is 0 Å². The quantitative estimate of drug-likeness (QED) is 0.605. The molecule has 1 heterocycles. The maximum absolute atomic E-state index is 11.0. The fourth-order valence-electron chi connectivity index (χ4n) is 0.808. The number of carbonyl (C=O) groups excluding carboxylic acids is 1. The van der Waals surface area contributed by atoms with E-state index in [1.54, 1.807) is 6.07 Å². The molecule has 0 aromatic carbocycles. The van der Waals surface area contributed by atoms with Crippen LogP contribution in [0.15, 0.2) is 23.3 Å². The molecule has 0 saturated carbocycles. The summed E-state index contributed by atoms with van der Waals surface area (Å²) in [6.45, 7) is -0.0967. The first-order valence-electron chi connectivity index (χ1n) is 3.57. The Morgan fingerprint density at radius 2 is 2.54 bits per heavy atom. The number of nitrogens with one attached hydrogen (secondary N) is 1. The molecular weight excluding hydrogens is 174 g/mol. The third-order valence-electron chi connectivity index (χ3n) is 1.31. The Hall–Kier alpha value is -1.69. The maximum Gasteiger partial charge on any atom is 0.347 e. The first-order chi connectivity index (χ1) is 6.24. The topological polar surface area (TPSA) is 73.2 Å². The Labute approximate surface area is 74.1 Å². The number of hydrogen-bond acceptors (Lipinski definition) is 4. The summed E-state index contributed by atoms with van der Waals surface area (Å²) in [5.74, 6) is -0.405. The first kappa shape index (κ1) is 9.40. The van der Waals surface area contributed by atoms with E-state index in [0.717, 1.165) is 0 Å². The van der Waals surface area contributed by atoms with Crippen LogP contribution in [0.3, 0.4) is 0 Å². The van der Waals surface area contributed by atoms with E-state index >= 15 is 0 Å². The first-order valence-corrected chi connectivity index (χ1v) is 3.57. The summed E-state index contributed by atoms with van der Waals surface area (Å²) in [5.41, 5.74) is 1.63. The summed E-state index contributed by atoms with van der Waals surface area (Å²) in [5, 5.41) is 0. The van der Waals surface area contributed by atoms with Gasteiger partial charge >= 0.3 is 5.69 Å². The van der Waals surface area contributed by atoms with E-state index in [-0.39, 0.29) is 6.54 Å². The van der Waals surface area contributed by atoms with Crippen molar-refractivity contribution in [1.29, 1.82) is 0 Å². The van der Waals surface area contributed by atoms with Crippen molar-refractivity contribution >= 4 is 5.91 Å². The number of amides is 1. The summed E-state index contributed by atoms with van der Waals surface area (Å²) >= 11 is 0. The highest BCUT2D eigenvalue weighted by Gasteiger charge is 2.02. The number of nitrogens with zero attached hydrogens (tertiary/aromatic N) is 2. The molecule has 0 aliphatic carbocycles. The van der Waals surface area contributed by atoms with Crippen LogP contribution in [0.25, 0.3) is 0 Å². The molecule has 0 fully saturated rings. The van der Waals surface area contributed by atoms with Gasteiger partial charge in [0.15, 0.2) is 0 Å². The van der Waals surface area contributed by atoms with Crippen molar-refractivity contribution in [2.45, 2.75) is 6.54 Å². The highest BCUT2D eigenvalue weighted by Crippen LogP contribution is 1.79. The predicted molar refractivity (Wildman–Crippen MR) is 43.6 cm³/mol. The highest BCUT2D eigenvalue weighted by atomic mass is 16.6. The Balaban J connectivity index is 2.69. The van der Waals surface area contributed by atoms with Crippen molar-refractivity contribution in [3.8, 4) is 0 Å². The molecule has 0 radical (unpaired) electrons. The lowest BCUT2D eigenvalue weighted by Crippen LogP contribution is -2.32. The molecule has 6 nitrogen and oxygen atoms in total. The van der Waals surface area contributed by atoms with E-state index in [1.165, 1.54) is 24.1 Å². The highest BCUT2D eigenvalue weighted by molar-refractivity contribution is 5.74. The van der Waals surface area contributed by atoms with Crippen LogP contribution >= 0.6 is 0 Å². The van der Waals surface area contributed by atoms with Gasteiger partial charge in [0, 0.05) is 12.4 Å². The van der Waals surface area contributed by atoms with E-state index in [4.69, 9.17) is 0 Å². The van der Waals surface area contributed by atoms with Crippen LogP contribution in [0.5, 0.6) is 0 Å². The lowest BCUT2D eigenvalue weighted by atomic mass is 10.5. The van der Waals surface area contributed by atoms with Crippen molar-refractivity contribution in [2.24, 2.45) is 0 Å². The average molecular weight is 183 g/mol. The van der Waals surface area contributed by atoms with Gasteiger partial charge in [-0.3, -0.25) is 14.2 Å². The van der Waals surface area contributed by atoms with E-state index in [1.807, 2.05) is 0 Å². The lowest BCUT2D eigenvalue weighted by molar-refractivity contribution is -0.132. The van der Waals surface area contributed by atoms with Crippen LogP contribution in [-0.4, -0.2) is 22.6 Å². The number of hydroxylamine groups is 1. The SMILES string of the molecule is CONC(=O)Cn1cccnc1=O. The minimum atomic E-state index is -0.464. The third-order valence-corrected chi connectivity index (χ3v) is 1.31. The predicted octanol–water partition coefficient (Wildman–Crippen LogP) is -1.08. The summed E-state index contributed by atoms with van der Waals surface area (Å²) in [6.07, 6.45) is 2.84. The zero-order valence-corrected chi connectivity index (χ0v) is 7.06. The summed E-state index contributed by atoms with van der Waals surface area (Å²) in [4.78, 5) is 29.8. The van der Waals surface area contributed by atoms with Gasteiger partial charge in [-0.2, -0.15) is 0 Å². The van der Waals surface area contributed by atoms with Crippen LogP contribution in [0, 0.1) is 0 Å². The molecule has 1 amide bonds. The van der Waals surface area contributed by atoms with Gasteiger partial charge in [-0.25, -0.2) is 15.3 Å².